The molecule has 0 heterocycles. The smallest absolute Gasteiger partial charge is 0.399 e. The molecule has 0 aromatic heterocycles. The van der Waals surface area contributed by atoms with Crippen LogP contribution in [0.5, 0.6) is 0 Å². The van der Waals surface area contributed by atoms with Crippen molar-refractivity contribution in [2.24, 2.45) is 0 Å². The van der Waals surface area contributed by atoms with Gasteiger partial charge in [0.05, 0.1) is 4.90 Å². The summed E-state index contributed by atoms with van der Waals surface area (Å²) >= 11 is 0. The van der Waals surface area contributed by atoms with Crippen LogP contribution in [0.2, 0.25) is 0 Å². The normalized spacial score (nSPS) is 10.2. The van der Waals surface area contributed by atoms with Crippen molar-refractivity contribution in [3.8, 4) is 0 Å². The predicted molar refractivity (Wildman–Crippen MR) is 51.9 cm³/mol. The maximum Gasteiger partial charge on any atom is 1.00 e. The third-order valence-electron chi connectivity index (χ3n) is 1.47. The Labute approximate surface area is 110 Å². The molecule has 0 fully saturated rings. The molecule has 0 aliphatic rings. The number of sulfonamides is 1. The Morgan fingerprint density at radius 1 is 1.27 bits per heavy atom. The van der Waals surface area contributed by atoms with E-state index in [1.165, 1.54) is 24.3 Å². The molecular formula is C8H10N2NaO3S+. The van der Waals surface area contributed by atoms with E-state index in [-0.39, 0.29) is 34.5 Å². The number of nitrogen functional groups attached to an aromatic ring is 1. The topological polar surface area (TPSA) is 89.3 Å². The monoisotopic (exact) mass is 237 g/mol. The molecule has 1 aromatic carbocycles. The summed E-state index contributed by atoms with van der Waals surface area (Å²) in [4.78, 5) is 10.6. The number of hydrogen-bond acceptors (Lipinski definition) is 4. The van der Waals surface area contributed by atoms with Gasteiger partial charge in [0, 0.05) is 12.6 Å². The zero-order valence-electron chi connectivity index (χ0n) is 8.52. The molecule has 0 bridgehead atoms. The Morgan fingerprint density at radius 3 is 2.13 bits per heavy atom. The first kappa shape index (κ1) is 14.4. The van der Waals surface area contributed by atoms with Crippen LogP contribution in [0.25, 0.3) is 0 Å². The van der Waals surface area contributed by atoms with E-state index >= 15 is 0 Å². The van der Waals surface area contributed by atoms with Crippen LogP contribution < -0.4 is 40.0 Å². The van der Waals surface area contributed by atoms with Crippen LogP contribution >= 0.6 is 0 Å². The van der Waals surface area contributed by atoms with Crippen LogP contribution in [0, 0.1) is 0 Å². The number of anilines is 1. The molecule has 15 heavy (non-hydrogen) atoms. The van der Waals surface area contributed by atoms with E-state index < -0.39 is 15.9 Å². The van der Waals surface area contributed by atoms with Gasteiger partial charge in [-0.25, -0.2) is 13.1 Å². The predicted octanol–water partition coefficient (Wildman–Crippen LogP) is -2.90. The van der Waals surface area contributed by atoms with Gasteiger partial charge in [0.1, 0.15) is 0 Å². The molecule has 0 saturated heterocycles. The maximum absolute atomic E-state index is 11.4. The average molecular weight is 237 g/mol. The SMILES string of the molecule is CC(=O)NS(=O)(=O)c1ccc(N)cc1.[Na+]. The minimum absolute atomic E-state index is 0. The number of benzene rings is 1. The third kappa shape index (κ3) is 4.21. The Morgan fingerprint density at radius 2 is 1.73 bits per heavy atom. The molecule has 0 aliphatic carbocycles. The molecule has 3 N–H and O–H groups in total. The standard InChI is InChI=1S/C8H10N2O3S.Na/c1-6(11)10-14(12,13)8-4-2-7(9)3-5-8;/h2-5H,9H2,1H3,(H,10,11);/q;+1. The summed E-state index contributed by atoms with van der Waals surface area (Å²) in [6.45, 7) is 1.13. The number of amides is 1. The molecule has 0 radical (unpaired) electrons. The first-order valence-electron chi connectivity index (χ1n) is 3.81. The summed E-state index contributed by atoms with van der Waals surface area (Å²) in [5.41, 5.74) is 5.85. The molecule has 0 saturated carbocycles. The van der Waals surface area contributed by atoms with Gasteiger partial charge in [0.25, 0.3) is 10.0 Å². The summed E-state index contributed by atoms with van der Waals surface area (Å²) in [7, 11) is -3.73. The van der Waals surface area contributed by atoms with Gasteiger partial charge < -0.3 is 5.73 Å². The van der Waals surface area contributed by atoms with Gasteiger partial charge in [-0.15, -0.1) is 0 Å². The van der Waals surface area contributed by atoms with Crippen LogP contribution in [-0.4, -0.2) is 14.3 Å². The molecule has 0 spiro atoms. The van der Waals surface area contributed by atoms with Gasteiger partial charge >= 0.3 is 29.6 Å². The molecule has 7 heteroatoms. The van der Waals surface area contributed by atoms with Crippen LogP contribution in [0.3, 0.4) is 0 Å². The van der Waals surface area contributed by atoms with Gasteiger partial charge in [-0.3, -0.25) is 4.79 Å². The zero-order valence-corrected chi connectivity index (χ0v) is 11.3. The quantitative estimate of drug-likeness (QED) is 0.426. The van der Waals surface area contributed by atoms with Crippen LogP contribution in [0.15, 0.2) is 29.2 Å². The van der Waals surface area contributed by atoms with Crippen molar-refractivity contribution in [2.75, 3.05) is 5.73 Å². The Kier molecular flexibility index (Phi) is 5.30. The van der Waals surface area contributed by atoms with Crippen molar-refractivity contribution in [3.63, 3.8) is 0 Å². The fourth-order valence-electron chi connectivity index (χ4n) is 0.895. The number of nitrogens with one attached hydrogen (secondary N) is 1. The van der Waals surface area contributed by atoms with Gasteiger partial charge in [0.15, 0.2) is 0 Å². The van der Waals surface area contributed by atoms with E-state index in [1.54, 1.807) is 0 Å². The number of carbonyl (C=O) groups excluding carboxylic acids is 1. The molecule has 1 amide bonds. The third-order valence-corrected chi connectivity index (χ3v) is 2.92. The summed E-state index contributed by atoms with van der Waals surface area (Å²) in [6, 6.07) is 5.57. The van der Waals surface area contributed by atoms with Crippen LogP contribution in [0.1, 0.15) is 6.92 Å². The van der Waals surface area contributed by atoms with Gasteiger partial charge in [-0.1, -0.05) is 0 Å². The first-order chi connectivity index (χ1) is 6.42. The van der Waals surface area contributed by atoms with Crippen molar-refractivity contribution >= 4 is 21.6 Å². The van der Waals surface area contributed by atoms with Crippen molar-refractivity contribution in [1.29, 1.82) is 0 Å². The van der Waals surface area contributed by atoms with Crippen LogP contribution in [0.4, 0.5) is 5.69 Å². The van der Waals surface area contributed by atoms with E-state index in [0.717, 1.165) is 6.92 Å². The van der Waals surface area contributed by atoms with E-state index in [4.69, 9.17) is 5.73 Å². The van der Waals surface area contributed by atoms with E-state index in [2.05, 4.69) is 0 Å². The van der Waals surface area contributed by atoms with Crippen molar-refractivity contribution in [1.82, 2.24) is 4.72 Å². The summed E-state index contributed by atoms with van der Waals surface area (Å²) in [5, 5.41) is 0. The molecule has 76 valence electrons. The van der Waals surface area contributed by atoms with E-state index in [0.29, 0.717) is 5.69 Å². The number of nitrogens with two attached hydrogens (primary N) is 1. The minimum Gasteiger partial charge on any atom is -0.399 e. The van der Waals surface area contributed by atoms with Crippen molar-refractivity contribution < 1.29 is 42.8 Å². The maximum atomic E-state index is 11.4. The molecule has 5 nitrogen and oxygen atoms in total. The zero-order chi connectivity index (χ0) is 10.8. The molecule has 0 aliphatic heterocycles. The molecule has 0 unspecified atom stereocenters. The summed E-state index contributed by atoms with van der Waals surface area (Å²) in [6.07, 6.45) is 0. The summed E-state index contributed by atoms with van der Waals surface area (Å²) < 4.78 is 24.6. The number of rotatable bonds is 2. The fourth-order valence-corrected chi connectivity index (χ4v) is 1.89. The van der Waals surface area contributed by atoms with Gasteiger partial charge in [-0.05, 0) is 24.3 Å². The second kappa shape index (κ2) is 5.50. The van der Waals surface area contributed by atoms with Gasteiger partial charge in [0.2, 0.25) is 5.91 Å². The Balaban J connectivity index is 0.00000196. The van der Waals surface area contributed by atoms with E-state index in [9.17, 15) is 13.2 Å². The molecule has 1 aromatic rings. The summed E-state index contributed by atoms with van der Waals surface area (Å²) in [5.74, 6) is -0.623. The molecule has 0 atom stereocenters. The number of hydrogen-bond donors (Lipinski definition) is 2. The number of carbonyl (C=O) groups is 1. The fraction of sp³-hybridized carbons (Fsp3) is 0.125. The largest absolute Gasteiger partial charge is 1.00 e. The molecule has 1 rings (SSSR count). The van der Waals surface area contributed by atoms with Crippen molar-refractivity contribution in [2.45, 2.75) is 11.8 Å². The average Bonchev–Trinajstić information content (AvgIpc) is 2.02. The van der Waals surface area contributed by atoms with Gasteiger partial charge in [-0.2, -0.15) is 0 Å². The first-order valence-corrected chi connectivity index (χ1v) is 5.29. The second-order valence-electron chi connectivity index (χ2n) is 2.73. The van der Waals surface area contributed by atoms with Crippen LogP contribution in [-0.2, 0) is 14.8 Å². The minimum atomic E-state index is -3.73. The Hall–Kier alpha value is -0.560. The second-order valence-corrected chi connectivity index (χ2v) is 4.41. The Bertz CT molecular complexity index is 441. The van der Waals surface area contributed by atoms with E-state index in [1.807, 2.05) is 4.72 Å². The molecular weight excluding hydrogens is 227 g/mol. The van der Waals surface area contributed by atoms with Crippen molar-refractivity contribution in [3.05, 3.63) is 24.3 Å².